The van der Waals surface area contributed by atoms with Crippen LogP contribution in [0.4, 0.5) is 5.69 Å². The minimum atomic E-state index is 0.224. The first-order chi connectivity index (χ1) is 10.6. The van der Waals surface area contributed by atoms with Gasteiger partial charge in [0.15, 0.2) is 0 Å². The molecule has 0 aliphatic carbocycles. The van der Waals surface area contributed by atoms with E-state index in [1.165, 1.54) is 5.56 Å². The summed E-state index contributed by atoms with van der Waals surface area (Å²) in [6.07, 6.45) is 1.68. The molecule has 0 fully saturated rings. The first-order valence-corrected chi connectivity index (χ1v) is 7.04. The average molecular weight is 296 g/mol. The Hall–Kier alpha value is -2.58. The van der Waals surface area contributed by atoms with Crippen molar-refractivity contribution >= 4 is 5.69 Å². The number of hydrogen-bond acceptors (Lipinski definition) is 5. The molecule has 1 unspecified atom stereocenters. The van der Waals surface area contributed by atoms with Crippen LogP contribution in [0.1, 0.15) is 17.3 Å². The number of rotatable bonds is 6. The second-order valence-electron chi connectivity index (χ2n) is 5.18. The predicted octanol–water partition coefficient (Wildman–Crippen LogP) is 2.68. The Labute approximate surface area is 131 Å². The molecule has 0 aliphatic rings. The molecule has 0 saturated heterocycles. The van der Waals surface area contributed by atoms with Gasteiger partial charge < -0.3 is 15.0 Å². The van der Waals surface area contributed by atoms with Crippen molar-refractivity contribution in [1.29, 1.82) is 5.26 Å². The molecule has 0 radical (unpaired) electrons. The fraction of sp³-hybridized carbons (Fsp3) is 0.294. The van der Waals surface area contributed by atoms with Gasteiger partial charge in [0.25, 0.3) is 0 Å². The number of benzene rings is 1. The first kappa shape index (κ1) is 15.8. The van der Waals surface area contributed by atoms with Gasteiger partial charge in [-0.2, -0.15) is 5.26 Å². The van der Waals surface area contributed by atoms with Crippen molar-refractivity contribution in [2.45, 2.75) is 6.04 Å². The average Bonchev–Trinajstić information content (AvgIpc) is 2.56. The maximum absolute atomic E-state index is 8.76. The first-order valence-electron chi connectivity index (χ1n) is 7.04. The highest BCUT2D eigenvalue weighted by molar-refractivity contribution is 5.43. The molecule has 0 saturated carbocycles. The van der Waals surface area contributed by atoms with Crippen LogP contribution in [0.15, 0.2) is 42.6 Å². The molecule has 1 N–H and O–H groups in total. The van der Waals surface area contributed by atoms with Crippen LogP contribution in [-0.4, -0.2) is 37.6 Å². The molecule has 1 atom stereocenters. The highest BCUT2D eigenvalue weighted by Gasteiger charge is 2.14. The zero-order valence-electron chi connectivity index (χ0n) is 13.1. The van der Waals surface area contributed by atoms with E-state index < -0.39 is 0 Å². The smallest absolute Gasteiger partial charge is 0.140 e. The van der Waals surface area contributed by atoms with Crippen LogP contribution in [0.3, 0.4) is 0 Å². The zero-order valence-corrected chi connectivity index (χ0v) is 13.1. The maximum atomic E-state index is 8.76. The lowest BCUT2D eigenvalue weighted by Crippen LogP contribution is -2.26. The molecule has 114 valence electrons. The number of hydrogen-bond donors (Lipinski definition) is 1. The minimum absolute atomic E-state index is 0.224. The topological polar surface area (TPSA) is 61.2 Å². The predicted molar refractivity (Wildman–Crippen MR) is 86.9 cm³/mol. The van der Waals surface area contributed by atoms with Gasteiger partial charge in [-0.1, -0.05) is 12.1 Å². The number of nitrogens with one attached hydrogen (secondary N) is 1. The Morgan fingerprint density at radius 2 is 1.95 bits per heavy atom. The van der Waals surface area contributed by atoms with Crippen molar-refractivity contribution in [1.82, 2.24) is 9.88 Å². The van der Waals surface area contributed by atoms with Gasteiger partial charge in [-0.05, 0) is 43.9 Å². The van der Waals surface area contributed by atoms with Gasteiger partial charge in [0.2, 0.25) is 0 Å². The quantitative estimate of drug-likeness (QED) is 0.888. The van der Waals surface area contributed by atoms with Gasteiger partial charge in [-0.25, -0.2) is 4.98 Å². The fourth-order valence-electron chi connectivity index (χ4n) is 2.20. The largest absolute Gasteiger partial charge is 0.497 e. The van der Waals surface area contributed by atoms with Crippen molar-refractivity contribution in [2.75, 3.05) is 33.1 Å². The van der Waals surface area contributed by atoms with Crippen LogP contribution in [-0.2, 0) is 0 Å². The summed E-state index contributed by atoms with van der Waals surface area (Å²) < 4.78 is 5.20. The third-order valence-electron chi connectivity index (χ3n) is 3.50. The Bertz CT molecular complexity index is 629. The molecule has 2 rings (SSSR count). The third kappa shape index (κ3) is 3.96. The summed E-state index contributed by atoms with van der Waals surface area (Å²) in [5, 5.41) is 12.1. The van der Waals surface area contributed by atoms with Gasteiger partial charge in [0, 0.05) is 6.54 Å². The normalized spacial score (nSPS) is 11.8. The molecule has 1 aromatic carbocycles. The number of nitrogens with zero attached hydrogens (tertiary/aromatic N) is 3. The Balaban J connectivity index is 2.06. The van der Waals surface area contributed by atoms with E-state index >= 15 is 0 Å². The standard InChI is InChI=1S/C17H20N4O/c1-21(2)17(13-4-8-16(22-3)9-5-13)12-20-15-7-6-14(10-18)19-11-15/h4-9,11,17,20H,12H2,1-3H3. The number of anilines is 1. The molecule has 5 nitrogen and oxygen atoms in total. The molecule has 1 aromatic heterocycles. The van der Waals surface area contributed by atoms with Gasteiger partial charge in [-0.15, -0.1) is 0 Å². The molecule has 1 heterocycles. The number of pyridine rings is 1. The van der Waals surface area contributed by atoms with E-state index in [4.69, 9.17) is 10.00 Å². The zero-order chi connectivity index (χ0) is 15.9. The summed E-state index contributed by atoms with van der Waals surface area (Å²) in [5.41, 5.74) is 2.53. The minimum Gasteiger partial charge on any atom is -0.497 e. The molecule has 2 aromatic rings. The number of aromatic nitrogens is 1. The SMILES string of the molecule is COc1ccc(C(CNc2ccc(C#N)nc2)N(C)C)cc1. The summed E-state index contributed by atoms with van der Waals surface area (Å²) in [4.78, 5) is 6.22. The van der Waals surface area contributed by atoms with Crippen molar-refractivity contribution in [2.24, 2.45) is 0 Å². The maximum Gasteiger partial charge on any atom is 0.140 e. The second kappa shape index (κ2) is 7.43. The van der Waals surface area contributed by atoms with Crippen LogP contribution in [0, 0.1) is 11.3 Å². The van der Waals surface area contributed by atoms with Gasteiger partial charge in [0.05, 0.1) is 25.0 Å². The van der Waals surface area contributed by atoms with Crippen LogP contribution < -0.4 is 10.1 Å². The van der Waals surface area contributed by atoms with E-state index in [1.54, 1.807) is 19.4 Å². The molecule has 22 heavy (non-hydrogen) atoms. The lowest BCUT2D eigenvalue weighted by atomic mass is 10.1. The van der Waals surface area contributed by atoms with E-state index in [9.17, 15) is 0 Å². The molecule has 0 aliphatic heterocycles. The van der Waals surface area contributed by atoms with Gasteiger partial charge >= 0.3 is 0 Å². The van der Waals surface area contributed by atoms with E-state index in [2.05, 4.69) is 27.3 Å². The van der Waals surface area contributed by atoms with Crippen LogP contribution in [0.5, 0.6) is 5.75 Å². The highest BCUT2D eigenvalue weighted by atomic mass is 16.5. The van der Waals surface area contributed by atoms with Crippen molar-refractivity contribution in [3.8, 4) is 11.8 Å². The summed E-state index contributed by atoms with van der Waals surface area (Å²) in [7, 11) is 5.76. The lowest BCUT2D eigenvalue weighted by Gasteiger charge is -2.25. The van der Waals surface area contributed by atoms with Crippen LogP contribution >= 0.6 is 0 Å². The van der Waals surface area contributed by atoms with Crippen molar-refractivity contribution in [3.05, 3.63) is 53.9 Å². The fourth-order valence-corrected chi connectivity index (χ4v) is 2.20. The van der Waals surface area contributed by atoms with E-state index in [-0.39, 0.29) is 6.04 Å². The summed E-state index contributed by atoms with van der Waals surface area (Å²) >= 11 is 0. The molecule has 0 amide bonds. The molecular weight excluding hydrogens is 276 g/mol. The molecule has 0 bridgehead atoms. The van der Waals surface area contributed by atoms with E-state index in [1.807, 2.05) is 38.4 Å². The van der Waals surface area contributed by atoms with Crippen molar-refractivity contribution < 1.29 is 4.74 Å². The number of likely N-dealkylation sites (N-methyl/N-ethyl adjacent to an activating group) is 1. The second-order valence-corrected chi connectivity index (χ2v) is 5.18. The molecule has 0 spiro atoms. The third-order valence-corrected chi connectivity index (χ3v) is 3.50. The Kier molecular flexibility index (Phi) is 5.34. The van der Waals surface area contributed by atoms with E-state index in [0.29, 0.717) is 5.69 Å². The summed E-state index contributed by atoms with van der Waals surface area (Å²) in [6.45, 7) is 0.743. The number of ether oxygens (including phenoxy) is 1. The molecule has 5 heteroatoms. The van der Waals surface area contributed by atoms with Crippen LogP contribution in [0.2, 0.25) is 0 Å². The monoisotopic (exact) mass is 296 g/mol. The Morgan fingerprint density at radius 3 is 2.45 bits per heavy atom. The van der Waals surface area contributed by atoms with Crippen LogP contribution in [0.25, 0.3) is 0 Å². The van der Waals surface area contributed by atoms with Gasteiger partial charge in [0.1, 0.15) is 17.5 Å². The number of methoxy groups -OCH3 is 1. The molecular formula is C17H20N4O. The Morgan fingerprint density at radius 1 is 1.23 bits per heavy atom. The van der Waals surface area contributed by atoms with Gasteiger partial charge in [-0.3, -0.25) is 0 Å². The van der Waals surface area contributed by atoms with Crippen molar-refractivity contribution in [3.63, 3.8) is 0 Å². The van der Waals surface area contributed by atoms with E-state index in [0.717, 1.165) is 18.0 Å². The number of nitriles is 1. The summed E-state index contributed by atoms with van der Waals surface area (Å²) in [5.74, 6) is 0.852. The highest BCUT2D eigenvalue weighted by Crippen LogP contribution is 2.22. The lowest BCUT2D eigenvalue weighted by molar-refractivity contribution is 0.311. The summed E-state index contributed by atoms with van der Waals surface area (Å²) in [6, 6.07) is 13.9.